The third-order valence-corrected chi connectivity index (χ3v) is 6.15. The molecule has 0 spiro atoms. The second kappa shape index (κ2) is 10.1. The standard InChI is InChI=1S/C26H29FN2O2S/c1-19-14-15-21(32-19)17-28(16-20-10-6-5-7-11-20)24(30)18-29(26(2,3)4)25(31)22-12-8-9-13-23(22)27/h5-15H,16-18H2,1-4H3. The van der Waals surface area contributed by atoms with E-state index in [0.717, 1.165) is 10.4 Å². The first-order chi connectivity index (χ1) is 15.1. The van der Waals surface area contributed by atoms with Crippen LogP contribution in [0.25, 0.3) is 0 Å². The van der Waals surface area contributed by atoms with Gasteiger partial charge in [-0.15, -0.1) is 11.3 Å². The smallest absolute Gasteiger partial charge is 0.257 e. The topological polar surface area (TPSA) is 40.6 Å². The third kappa shape index (κ3) is 6.04. The summed E-state index contributed by atoms with van der Waals surface area (Å²) in [5.41, 5.74) is 0.322. The molecule has 2 aromatic carbocycles. The number of carbonyl (C=O) groups excluding carboxylic acids is 2. The molecule has 0 atom stereocenters. The maximum atomic E-state index is 14.3. The number of amides is 2. The quantitative estimate of drug-likeness (QED) is 0.464. The van der Waals surface area contributed by atoms with Gasteiger partial charge in [0.05, 0.1) is 12.1 Å². The summed E-state index contributed by atoms with van der Waals surface area (Å²) >= 11 is 1.65. The lowest BCUT2D eigenvalue weighted by Gasteiger charge is -2.37. The molecule has 3 rings (SSSR count). The van der Waals surface area contributed by atoms with Crippen LogP contribution in [0.2, 0.25) is 0 Å². The predicted octanol–water partition coefficient (Wildman–Crippen LogP) is 5.67. The summed E-state index contributed by atoms with van der Waals surface area (Å²) < 4.78 is 14.3. The lowest BCUT2D eigenvalue weighted by Crippen LogP contribution is -2.51. The molecule has 0 bridgehead atoms. The summed E-state index contributed by atoms with van der Waals surface area (Å²) in [6, 6.07) is 19.7. The Bertz CT molecular complexity index is 1070. The van der Waals surface area contributed by atoms with E-state index in [4.69, 9.17) is 0 Å². The molecule has 0 N–H and O–H groups in total. The van der Waals surface area contributed by atoms with E-state index >= 15 is 0 Å². The Hall–Kier alpha value is -2.99. The summed E-state index contributed by atoms with van der Waals surface area (Å²) in [6.45, 7) is 8.34. The molecule has 0 fully saturated rings. The van der Waals surface area contributed by atoms with Crippen LogP contribution in [0.4, 0.5) is 4.39 Å². The van der Waals surface area contributed by atoms with Crippen LogP contribution >= 0.6 is 11.3 Å². The number of aryl methyl sites for hydroxylation is 1. The van der Waals surface area contributed by atoms with Crippen molar-refractivity contribution in [3.05, 3.63) is 93.4 Å². The van der Waals surface area contributed by atoms with Gasteiger partial charge in [0.15, 0.2) is 0 Å². The van der Waals surface area contributed by atoms with Gasteiger partial charge in [0, 0.05) is 21.8 Å². The van der Waals surface area contributed by atoms with Crippen LogP contribution in [-0.2, 0) is 17.9 Å². The fraction of sp³-hybridized carbons (Fsp3) is 0.308. The molecular weight excluding hydrogens is 423 g/mol. The van der Waals surface area contributed by atoms with Crippen molar-refractivity contribution in [1.82, 2.24) is 9.80 Å². The molecule has 0 saturated carbocycles. The number of thiophene rings is 1. The van der Waals surface area contributed by atoms with Gasteiger partial charge in [0.25, 0.3) is 5.91 Å². The average molecular weight is 453 g/mol. The Balaban J connectivity index is 1.87. The molecule has 1 aromatic heterocycles. The van der Waals surface area contributed by atoms with Gasteiger partial charge in [-0.1, -0.05) is 42.5 Å². The van der Waals surface area contributed by atoms with E-state index in [0.29, 0.717) is 13.1 Å². The number of nitrogens with zero attached hydrogens (tertiary/aromatic N) is 2. The van der Waals surface area contributed by atoms with E-state index in [1.165, 1.54) is 21.9 Å². The Labute approximate surface area is 193 Å². The fourth-order valence-corrected chi connectivity index (χ4v) is 4.33. The number of hydrogen-bond acceptors (Lipinski definition) is 3. The molecule has 4 nitrogen and oxygen atoms in total. The van der Waals surface area contributed by atoms with Gasteiger partial charge in [-0.05, 0) is 57.5 Å². The molecule has 3 aromatic rings. The second-order valence-electron chi connectivity index (χ2n) is 8.79. The lowest BCUT2D eigenvalue weighted by molar-refractivity contribution is -0.134. The highest BCUT2D eigenvalue weighted by Gasteiger charge is 2.32. The van der Waals surface area contributed by atoms with Crippen molar-refractivity contribution in [3.63, 3.8) is 0 Å². The normalized spacial score (nSPS) is 11.3. The molecule has 1 heterocycles. The first-order valence-electron chi connectivity index (χ1n) is 10.6. The first-order valence-corrected chi connectivity index (χ1v) is 11.4. The van der Waals surface area contributed by atoms with Gasteiger partial charge < -0.3 is 9.80 Å². The monoisotopic (exact) mass is 452 g/mol. The zero-order valence-corrected chi connectivity index (χ0v) is 19.8. The van der Waals surface area contributed by atoms with Gasteiger partial charge in [0.1, 0.15) is 12.4 Å². The van der Waals surface area contributed by atoms with E-state index in [1.54, 1.807) is 28.4 Å². The number of hydrogen-bond donors (Lipinski definition) is 0. The number of halogens is 1. The minimum atomic E-state index is -0.660. The van der Waals surface area contributed by atoms with E-state index in [-0.39, 0.29) is 18.0 Å². The van der Waals surface area contributed by atoms with Crippen LogP contribution in [0.3, 0.4) is 0 Å². The highest BCUT2D eigenvalue weighted by Crippen LogP contribution is 2.22. The summed E-state index contributed by atoms with van der Waals surface area (Å²) in [6.07, 6.45) is 0. The lowest BCUT2D eigenvalue weighted by atomic mass is 10.0. The van der Waals surface area contributed by atoms with Crippen LogP contribution in [0, 0.1) is 12.7 Å². The summed E-state index contributed by atoms with van der Waals surface area (Å²) in [4.78, 5) is 32.2. The Morgan fingerprint density at radius 1 is 0.906 bits per heavy atom. The highest BCUT2D eigenvalue weighted by atomic mass is 32.1. The predicted molar refractivity (Wildman–Crippen MR) is 127 cm³/mol. The fourth-order valence-electron chi connectivity index (χ4n) is 3.42. The molecule has 0 aliphatic carbocycles. The summed E-state index contributed by atoms with van der Waals surface area (Å²) in [5.74, 6) is -1.26. The van der Waals surface area contributed by atoms with Gasteiger partial charge in [-0.25, -0.2) is 4.39 Å². The van der Waals surface area contributed by atoms with E-state index in [1.807, 2.05) is 70.2 Å². The van der Waals surface area contributed by atoms with Crippen LogP contribution in [0.1, 0.15) is 46.4 Å². The number of rotatable bonds is 7. The minimum Gasteiger partial charge on any atom is -0.332 e. The molecule has 0 aliphatic heterocycles. The minimum absolute atomic E-state index is 0.0290. The Morgan fingerprint density at radius 2 is 1.56 bits per heavy atom. The molecular formula is C26H29FN2O2S. The van der Waals surface area contributed by atoms with Crippen molar-refractivity contribution in [3.8, 4) is 0 Å². The van der Waals surface area contributed by atoms with Gasteiger partial charge in [-0.3, -0.25) is 9.59 Å². The van der Waals surface area contributed by atoms with Crippen LogP contribution in [0.5, 0.6) is 0 Å². The average Bonchev–Trinajstić information content (AvgIpc) is 3.16. The summed E-state index contributed by atoms with van der Waals surface area (Å²) in [5, 5.41) is 0. The van der Waals surface area contributed by atoms with Crippen molar-refractivity contribution >= 4 is 23.2 Å². The van der Waals surface area contributed by atoms with Gasteiger partial charge in [-0.2, -0.15) is 0 Å². The number of benzene rings is 2. The SMILES string of the molecule is Cc1ccc(CN(Cc2ccccc2)C(=O)CN(C(=O)c2ccccc2F)C(C)(C)C)s1. The van der Waals surface area contributed by atoms with E-state index in [9.17, 15) is 14.0 Å². The molecule has 32 heavy (non-hydrogen) atoms. The Morgan fingerprint density at radius 3 is 2.16 bits per heavy atom. The van der Waals surface area contributed by atoms with Crippen LogP contribution < -0.4 is 0 Å². The zero-order chi connectivity index (χ0) is 23.3. The summed E-state index contributed by atoms with van der Waals surface area (Å²) in [7, 11) is 0. The largest absolute Gasteiger partial charge is 0.332 e. The van der Waals surface area contributed by atoms with Crippen LogP contribution in [0.15, 0.2) is 66.7 Å². The van der Waals surface area contributed by atoms with E-state index < -0.39 is 17.3 Å². The Kier molecular flexibility index (Phi) is 7.46. The van der Waals surface area contributed by atoms with Gasteiger partial charge >= 0.3 is 0 Å². The van der Waals surface area contributed by atoms with Crippen molar-refractivity contribution in [2.24, 2.45) is 0 Å². The second-order valence-corrected chi connectivity index (χ2v) is 10.2. The molecule has 168 valence electrons. The first kappa shape index (κ1) is 23.7. The molecule has 0 aliphatic rings. The highest BCUT2D eigenvalue weighted by molar-refractivity contribution is 7.11. The molecule has 0 saturated heterocycles. The zero-order valence-electron chi connectivity index (χ0n) is 19.0. The molecule has 0 unspecified atom stereocenters. The van der Waals surface area contributed by atoms with Gasteiger partial charge in [0.2, 0.25) is 5.91 Å². The maximum Gasteiger partial charge on any atom is 0.257 e. The van der Waals surface area contributed by atoms with E-state index in [2.05, 4.69) is 0 Å². The van der Waals surface area contributed by atoms with Crippen molar-refractivity contribution in [1.29, 1.82) is 0 Å². The van der Waals surface area contributed by atoms with Crippen molar-refractivity contribution in [2.45, 2.75) is 46.3 Å². The number of carbonyl (C=O) groups is 2. The molecule has 2 amide bonds. The van der Waals surface area contributed by atoms with Crippen molar-refractivity contribution in [2.75, 3.05) is 6.54 Å². The molecule has 6 heteroatoms. The third-order valence-electron chi connectivity index (χ3n) is 5.16. The maximum absolute atomic E-state index is 14.3. The molecule has 0 radical (unpaired) electrons. The van der Waals surface area contributed by atoms with Crippen molar-refractivity contribution < 1.29 is 14.0 Å². The van der Waals surface area contributed by atoms with Crippen LogP contribution in [-0.4, -0.2) is 33.7 Å².